The predicted octanol–water partition coefficient (Wildman–Crippen LogP) is 2.09. The molecular formula is C18H26N6. The fourth-order valence-corrected chi connectivity index (χ4v) is 4.29. The van der Waals surface area contributed by atoms with Crippen LogP contribution < -0.4 is 4.90 Å². The summed E-state index contributed by atoms with van der Waals surface area (Å²) in [6, 6.07) is 2.14. The number of rotatable bonds is 3. The van der Waals surface area contributed by atoms with Gasteiger partial charge in [0.1, 0.15) is 5.82 Å². The van der Waals surface area contributed by atoms with Crippen LogP contribution in [0.15, 0.2) is 30.9 Å². The zero-order chi connectivity index (χ0) is 16.4. The summed E-state index contributed by atoms with van der Waals surface area (Å²) >= 11 is 0. The van der Waals surface area contributed by atoms with Crippen molar-refractivity contribution in [3.63, 3.8) is 0 Å². The van der Waals surface area contributed by atoms with E-state index in [1.807, 2.05) is 24.1 Å². The molecule has 2 aromatic rings. The average Bonchev–Trinajstić information content (AvgIpc) is 3.01. The number of hydrogen-bond acceptors (Lipinski definition) is 5. The van der Waals surface area contributed by atoms with Crippen LogP contribution in [0.3, 0.4) is 0 Å². The maximum atomic E-state index is 4.54. The van der Waals surface area contributed by atoms with Gasteiger partial charge in [0.05, 0.1) is 11.9 Å². The zero-order valence-corrected chi connectivity index (χ0v) is 14.4. The molecule has 0 unspecified atom stereocenters. The fraction of sp³-hybridized carbons (Fsp3) is 0.611. The molecule has 4 rings (SSSR count). The molecule has 2 aromatic heterocycles. The minimum Gasteiger partial charge on any atom is -0.355 e. The maximum Gasteiger partial charge on any atom is 0.147 e. The second-order valence-electron chi connectivity index (χ2n) is 7.35. The topological polar surface area (TPSA) is 50.1 Å². The van der Waals surface area contributed by atoms with E-state index in [1.165, 1.54) is 44.5 Å². The van der Waals surface area contributed by atoms with Crippen LogP contribution in [0, 0.1) is 5.41 Å². The van der Waals surface area contributed by atoms with Gasteiger partial charge in [-0.3, -0.25) is 14.6 Å². The molecule has 0 amide bonds. The normalized spacial score (nSPS) is 21.3. The Kier molecular flexibility index (Phi) is 4.22. The molecule has 2 saturated heterocycles. The highest BCUT2D eigenvalue weighted by Gasteiger charge is 2.38. The van der Waals surface area contributed by atoms with Crippen molar-refractivity contribution in [1.29, 1.82) is 0 Å². The Morgan fingerprint density at radius 2 is 2.00 bits per heavy atom. The van der Waals surface area contributed by atoms with E-state index >= 15 is 0 Å². The summed E-state index contributed by atoms with van der Waals surface area (Å²) in [5.41, 5.74) is 1.66. The predicted molar refractivity (Wildman–Crippen MR) is 93.6 cm³/mol. The van der Waals surface area contributed by atoms with Crippen molar-refractivity contribution in [2.45, 2.75) is 32.2 Å². The smallest absolute Gasteiger partial charge is 0.147 e. The van der Waals surface area contributed by atoms with E-state index in [0.717, 1.165) is 25.5 Å². The number of hydrogen-bond donors (Lipinski definition) is 0. The van der Waals surface area contributed by atoms with Crippen LogP contribution in [-0.2, 0) is 13.6 Å². The second kappa shape index (κ2) is 6.51. The van der Waals surface area contributed by atoms with E-state index in [9.17, 15) is 0 Å². The first-order valence-corrected chi connectivity index (χ1v) is 8.94. The average molecular weight is 326 g/mol. The van der Waals surface area contributed by atoms with Crippen molar-refractivity contribution in [3.8, 4) is 0 Å². The number of anilines is 1. The highest BCUT2D eigenvalue weighted by molar-refractivity contribution is 5.35. The van der Waals surface area contributed by atoms with Gasteiger partial charge in [-0.15, -0.1) is 0 Å². The van der Waals surface area contributed by atoms with Crippen LogP contribution >= 0.6 is 0 Å². The Balaban J connectivity index is 1.37. The molecule has 2 aliphatic rings. The standard InChI is InChI=1S/C18H26N6/c1-22-10-3-16(21-22)14-23-9-2-4-18(15-23)5-11-24(12-6-18)17-13-19-7-8-20-17/h3,7-8,10,13H,2,4-6,9,11-12,14-15H2,1H3. The van der Waals surface area contributed by atoms with Gasteiger partial charge in [0, 0.05) is 51.8 Å². The maximum absolute atomic E-state index is 4.54. The van der Waals surface area contributed by atoms with Crippen LogP contribution in [0.25, 0.3) is 0 Å². The van der Waals surface area contributed by atoms with E-state index in [1.54, 1.807) is 12.4 Å². The molecule has 4 heterocycles. The first-order valence-electron chi connectivity index (χ1n) is 8.94. The van der Waals surface area contributed by atoms with E-state index in [0.29, 0.717) is 5.41 Å². The van der Waals surface area contributed by atoms with Crippen LogP contribution in [0.2, 0.25) is 0 Å². The summed E-state index contributed by atoms with van der Waals surface area (Å²) < 4.78 is 1.90. The Bertz CT molecular complexity index is 659. The zero-order valence-electron chi connectivity index (χ0n) is 14.4. The Hall–Kier alpha value is -1.95. The molecule has 0 atom stereocenters. The number of aromatic nitrogens is 4. The van der Waals surface area contributed by atoms with Gasteiger partial charge in [0.25, 0.3) is 0 Å². The number of nitrogens with zero attached hydrogens (tertiary/aromatic N) is 6. The van der Waals surface area contributed by atoms with Gasteiger partial charge in [-0.05, 0) is 43.7 Å². The summed E-state index contributed by atoms with van der Waals surface area (Å²) in [5.74, 6) is 1.02. The van der Waals surface area contributed by atoms with Gasteiger partial charge in [-0.1, -0.05) is 0 Å². The highest BCUT2D eigenvalue weighted by Crippen LogP contribution is 2.40. The van der Waals surface area contributed by atoms with Crippen molar-refractivity contribution >= 4 is 5.82 Å². The Labute approximate surface area is 143 Å². The number of piperidine rings is 2. The van der Waals surface area contributed by atoms with Gasteiger partial charge in [0.15, 0.2) is 0 Å². The molecule has 0 saturated carbocycles. The van der Waals surface area contributed by atoms with Gasteiger partial charge >= 0.3 is 0 Å². The highest BCUT2D eigenvalue weighted by atomic mass is 15.3. The van der Waals surface area contributed by atoms with Crippen molar-refractivity contribution in [2.24, 2.45) is 12.5 Å². The molecule has 0 aliphatic carbocycles. The van der Waals surface area contributed by atoms with E-state index in [2.05, 4.69) is 30.9 Å². The summed E-state index contributed by atoms with van der Waals surface area (Å²) in [7, 11) is 1.99. The lowest BCUT2D eigenvalue weighted by molar-refractivity contribution is 0.0596. The molecule has 2 fully saturated rings. The molecular weight excluding hydrogens is 300 g/mol. The Morgan fingerprint density at radius 1 is 1.12 bits per heavy atom. The lowest BCUT2D eigenvalue weighted by Gasteiger charge is -2.47. The van der Waals surface area contributed by atoms with Gasteiger partial charge in [-0.2, -0.15) is 5.10 Å². The molecule has 6 nitrogen and oxygen atoms in total. The Morgan fingerprint density at radius 3 is 2.71 bits per heavy atom. The molecule has 0 bridgehead atoms. The quantitative estimate of drug-likeness (QED) is 0.864. The fourth-order valence-electron chi connectivity index (χ4n) is 4.29. The molecule has 2 aliphatic heterocycles. The van der Waals surface area contributed by atoms with Crippen LogP contribution in [-0.4, -0.2) is 50.8 Å². The third-order valence-corrected chi connectivity index (χ3v) is 5.59. The molecule has 128 valence electrons. The van der Waals surface area contributed by atoms with Crippen molar-refractivity contribution in [1.82, 2.24) is 24.6 Å². The van der Waals surface area contributed by atoms with E-state index in [4.69, 9.17) is 0 Å². The minimum atomic E-state index is 0.478. The van der Waals surface area contributed by atoms with E-state index in [-0.39, 0.29) is 0 Å². The summed E-state index contributed by atoms with van der Waals surface area (Å²) in [4.78, 5) is 13.6. The number of likely N-dealkylation sites (tertiary alicyclic amines) is 1. The van der Waals surface area contributed by atoms with Crippen LogP contribution in [0.1, 0.15) is 31.4 Å². The number of aryl methyl sites for hydroxylation is 1. The summed E-state index contributed by atoms with van der Waals surface area (Å²) in [5, 5.41) is 4.54. The van der Waals surface area contributed by atoms with Gasteiger partial charge in [-0.25, -0.2) is 4.98 Å². The van der Waals surface area contributed by atoms with Crippen LogP contribution in [0.4, 0.5) is 5.82 Å². The van der Waals surface area contributed by atoms with Crippen molar-refractivity contribution in [3.05, 3.63) is 36.5 Å². The molecule has 24 heavy (non-hydrogen) atoms. The van der Waals surface area contributed by atoms with E-state index < -0.39 is 0 Å². The van der Waals surface area contributed by atoms with Gasteiger partial charge in [0.2, 0.25) is 0 Å². The SMILES string of the molecule is Cn1ccc(CN2CCCC3(CCN(c4cnccn4)CC3)C2)n1. The molecule has 0 aromatic carbocycles. The third kappa shape index (κ3) is 3.29. The molecule has 1 spiro atoms. The third-order valence-electron chi connectivity index (χ3n) is 5.59. The molecule has 0 radical (unpaired) electrons. The van der Waals surface area contributed by atoms with Gasteiger partial charge < -0.3 is 4.90 Å². The monoisotopic (exact) mass is 326 g/mol. The van der Waals surface area contributed by atoms with Crippen LogP contribution in [0.5, 0.6) is 0 Å². The molecule has 0 N–H and O–H groups in total. The summed E-state index contributed by atoms with van der Waals surface area (Å²) in [6.07, 6.45) is 12.6. The minimum absolute atomic E-state index is 0.478. The second-order valence-corrected chi connectivity index (χ2v) is 7.35. The lowest BCUT2D eigenvalue weighted by Crippen LogP contribution is -2.49. The largest absolute Gasteiger partial charge is 0.355 e. The van der Waals surface area contributed by atoms with Crippen molar-refractivity contribution in [2.75, 3.05) is 31.1 Å². The van der Waals surface area contributed by atoms with Crippen molar-refractivity contribution < 1.29 is 0 Å². The first-order chi connectivity index (χ1) is 11.7. The first kappa shape index (κ1) is 15.6. The molecule has 6 heteroatoms. The lowest BCUT2D eigenvalue weighted by atomic mass is 9.72. The summed E-state index contributed by atoms with van der Waals surface area (Å²) in [6.45, 7) is 5.58.